The molecule has 162 valence electrons. The fraction of sp³-hybridized carbons (Fsp3) is 0.174. The van der Waals surface area contributed by atoms with Gasteiger partial charge >= 0.3 is 0 Å². The summed E-state index contributed by atoms with van der Waals surface area (Å²) in [5.74, 6) is 0.650. The molecule has 0 aliphatic heterocycles. The maximum Gasteiger partial charge on any atom is 0.261 e. The minimum atomic E-state index is -3.79. The van der Waals surface area contributed by atoms with Crippen molar-refractivity contribution in [3.63, 3.8) is 0 Å². The molecule has 0 aromatic heterocycles. The minimum absolute atomic E-state index is 0.148. The number of ether oxygens (including phenoxy) is 2. The van der Waals surface area contributed by atoms with Crippen molar-refractivity contribution in [3.8, 4) is 11.5 Å². The Morgan fingerprint density at radius 3 is 2.23 bits per heavy atom. The molecule has 0 saturated carbocycles. The van der Waals surface area contributed by atoms with E-state index in [1.807, 2.05) is 6.92 Å². The molecule has 8 heteroatoms. The van der Waals surface area contributed by atoms with Gasteiger partial charge in [0.05, 0.1) is 30.5 Å². The fourth-order valence-electron chi connectivity index (χ4n) is 3.00. The van der Waals surface area contributed by atoms with E-state index in [4.69, 9.17) is 9.47 Å². The Labute approximate surface area is 182 Å². The molecular formula is C23H24N2O5S. The summed E-state index contributed by atoms with van der Waals surface area (Å²) in [7, 11) is -0.751. The highest BCUT2D eigenvalue weighted by molar-refractivity contribution is 7.92. The topological polar surface area (TPSA) is 93.7 Å². The molecule has 0 unspecified atom stereocenters. The Kier molecular flexibility index (Phi) is 6.50. The first-order chi connectivity index (χ1) is 14.7. The summed E-state index contributed by atoms with van der Waals surface area (Å²) < 4.78 is 38.5. The lowest BCUT2D eigenvalue weighted by Crippen LogP contribution is -2.17. The van der Waals surface area contributed by atoms with E-state index in [2.05, 4.69) is 10.0 Å². The Bertz CT molecular complexity index is 1210. The average Bonchev–Trinajstić information content (AvgIpc) is 2.75. The van der Waals surface area contributed by atoms with E-state index in [1.54, 1.807) is 74.7 Å². The van der Waals surface area contributed by atoms with E-state index >= 15 is 0 Å². The zero-order valence-electron chi connectivity index (χ0n) is 17.7. The van der Waals surface area contributed by atoms with Crippen molar-refractivity contribution in [1.82, 2.24) is 0 Å². The van der Waals surface area contributed by atoms with Crippen LogP contribution in [0.25, 0.3) is 0 Å². The third kappa shape index (κ3) is 4.97. The van der Waals surface area contributed by atoms with Crippen LogP contribution >= 0.6 is 0 Å². The van der Waals surface area contributed by atoms with Crippen molar-refractivity contribution in [2.75, 3.05) is 24.3 Å². The first-order valence-electron chi connectivity index (χ1n) is 9.47. The number of nitrogens with one attached hydrogen (secondary N) is 2. The summed E-state index contributed by atoms with van der Waals surface area (Å²) in [6.07, 6.45) is 0. The van der Waals surface area contributed by atoms with Gasteiger partial charge in [0.1, 0.15) is 11.5 Å². The highest BCUT2D eigenvalue weighted by Gasteiger charge is 2.19. The molecular weight excluding hydrogens is 416 g/mol. The number of carbonyl (C=O) groups is 1. The van der Waals surface area contributed by atoms with E-state index in [0.717, 1.165) is 5.56 Å². The number of carbonyl (C=O) groups excluding carboxylic acids is 1. The average molecular weight is 441 g/mol. The van der Waals surface area contributed by atoms with Gasteiger partial charge in [-0.1, -0.05) is 23.8 Å². The molecule has 3 rings (SSSR count). The molecule has 3 aromatic rings. The first kappa shape index (κ1) is 22.2. The number of anilines is 2. The first-order valence-corrected chi connectivity index (χ1v) is 11.0. The van der Waals surface area contributed by atoms with Crippen molar-refractivity contribution in [2.45, 2.75) is 18.7 Å². The largest absolute Gasteiger partial charge is 0.497 e. The number of benzene rings is 3. The Morgan fingerprint density at radius 2 is 1.58 bits per heavy atom. The quantitative estimate of drug-likeness (QED) is 0.569. The van der Waals surface area contributed by atoms with Crippen LogP contribution in [0.3, 0.4) is 0 Å². The van der Waals surface area contributed by atoms with Gasteiger partial charge in [-0.25, -0.2) is 8.42 Å². The lowest BCUT2D eigenvalue weighted by molar-refractivity contribution is 0.102. The summed E-state index contributed by atoms with van der Waals surface area (Å²) in [6, 6.07) is 16.5. The molecule has 7 nitrogen and oxygen atoms in total. The van der Waals surface area contributed by atoms with Crippen LogP contribution < -0.4 is 19.5 Å². The second-order valence-electron chi connectivity index (χ2n) is 6.92. The number of amides is 1. The molecule has 3 aromatic carbocycles. The van der Waals surface area contributed by atoms with Gasteiger partial charge in [0, 0.05) is 11.6 Å². The van der Waals surface area contributed by atoms with Gasteiger partial charge in [0.25, 0.3) is 15.9 Å². The molecule has 2 N–H and O–H groups in total. The van der Waals surface area contributed by atoms with Crippen molar-refractivity contribution in [3.05, 3.63) is 77.4 Å². The normalized spacial score (nSPS) is 11.0. The maximum absolute atomic E-state index is 12.9. The minimum Gasteiger partial charge on any atom is -0.497 e. The summed E-state index contributed by atoms with van der Waals surface area (Å²) in [6.45, 7) is 3.57. The molecule has 0 aliphatic carbocycles. The van der Waals surface area contributed by atoms with Gasteiger partial charge in [-0.2, -0.15) is 0 Å². The van der Waals surface area contributed by atoms with Crippen molar-refractivity contribution in [2.24, 2.45) is 0 Å². The summed E-state index contributed by atoms with van der Waals surface area (Å²) in [4.78, 5) is 13.1. The van der Waals surface area contributed by atoms with Crippen LogP contribution in [-0.4, -0.2) is 28.5 Å². The summed E-state index contributed by atoms with van der Waals surface area (Å²) in [5.41, 5.74) is 2.60. The van der Waals surface area contributed by atoms with Crippen molar-refractivity contribution >= 4 is 27.3 Å². The van der Waals surface area contributed by atoms with Crippen molar-refractivity contribution in [1.29, 1.82) is 0 Å². The predicted octanol–water partition coefficient (Wildman–Crippen LogP) is 4.37. The lowest BCUT2D eigenvalue weighted by atomic mass is 10.1. The van der Waals surface area contributed by atoms with E-state index in [1.165, 1.54) is 7.11 Å². The van der Waals surface area contributed by atoms with Gasteiger partial charge in [0.2, 0.25) is 0 Å². The number of hydrogen-bond donors (Lipinski definition) is 2. The lowest BCUT2D eigenvalue weighted by Gasteiger charge is -2.15. The van der Waals surface area contributed by atoms with Gasteiger partial charge in [-0.3, -0.25) is 9.52 Å². The van der Waals surface area contributed by atoms with Crippen LogP contribution in [0.1, 0.15) is 21.5 Å². The van der Waals surface area contributed by atoms with E-state index < -0.39 is 15.9 Å². The zero-order chi connectivity index (χ0) is 22.6. The Hall–Kier alpha value is -3.52. The molecule has 0 heterocycles. The molecule has 31 heavy (non-hydrogen) atoms. The number of sulfonamides is 1. The SMILES string of the molecule is COc1ccc(NC(=O)c2cccc(NS(=O)(=O)c3ccc(C)cc3)c2C)c(OC)c1. The second kappa shape index (κ2) is 9.09. The molecule has 1 amide bonds. The smallest absolute Gasteiger partial charge is 0.261 e. The number of methoxy groups -OCH3 is 2. The third-order valence-electron chi connectivity index (χ3n) is 4.81. The van der Waals surface area contributed by atoms with Gasteiger partial charge in [-0.15, -0.1) is 0 Å². The van der Waals surface area contributed by atoms with Crippen LogP contribution in [-0.2, 0) is 10.0 Å². The van der Waals surface area contributed by atoms with Gasteiger partial charge < -0.3 is 14.8 Å². The zero-order valence-corrected chi connectivity index (χ0v) is 18.5. The molecule has 0 radical (unpaired) electrons. The monoisotopic (exact) mass is 440 g/mol. The summed E-state index contributed by atoms with van der Waals surface area (Å²) in [5, 5.41) is 2.80. The van der Waals surface area contributed by atoms with E-state index in [9.17, 15) is 13.2 Å². The van der Waals surface area contributed by atoms with E-state index in [-0.39, 0.29) is 4.90 Å². The number of aryl methyl sites for hydroxylation is 1. The number of hydrogen-bond acceptors (Lipinski definition) is 5. The Morgan fingerprint density at radius 1 is 0.871 bits per heavy atom. The van der Waals surface area contributed by atoms with Crippen LogP contribution in [0.2, 0.25) is 0 Å². The van der Waals surface area contributed by atoms with Crippen LogP contribution in [0.15, 0.2) is 65.6 Å². The second-order valence-corrected chi connectivity index (χ2v) is 8.60. The maximum atomic E-state index is 12.9. The van der Waals surface area contributed by atoms with Crippen LogP contribution in [0.5, 0.6) is 11.5 Å². The highest BCUT2D eigenvalue weighted by Crippen LogP contribution is 2.30. The molecule has 0 atom stereocenters. The van der Waals surface area contributed by atoms with Crippen molar-refractivity contribution < 1.29 is 22.7 Å². The fourth-order valence-corrected chi connectivity index (χ4v) is 4.13. The van der Waals surface area contributed by atoms with E-state index in [0.29, 0.717) is 34.0 Å². The molecule has 0 aliphatic rings. The van der Waals surface area contributed by atoms with Crippen LogP contribution in [0, 0.1) is 13.8 Å². The van der Waals surface area contributed by atoms with Crippen LogP contribution in [0.4, 0.5) is 11.4 Å². The van der Waals surface area contributed by atoms with Gasteiger partial charge in [-0.05, 0) is 55.8 Å². The molecule has 0 spiro atoms. The summed E-state index contributed by atoms with van der Waals surface area (Å²) >= 11 is 0. The molecule has 0 saturated heterocycles. The molecule has 0 fully saturated rings. The Balaban J connectivity index is 1.87. The predicted molar refractivity (Wildman–Crippen MR) is 121 cm³/mol. The number of rotatable bonds is 7. The van der Waals surface area contributed by atoms with Gasteiger partial charge in [0.15, 0.2) is 0 Å². The molecule has 0 bridgehead atoms. The highest BCUT2D eigenvalue weighted by atomic mass is 32.2. The third-order valence-corrected chi connectivity index (χ3v) is 6.19. The standard InChI is InChI=1S/C23H24N2O5S/c1-15-8-11-18(12-9-15)31(27,28)25-20-7-5-6-19(16(20)2)23(26)24-21-13-10-17(29-3)14-22(21)30-4/h5-14,25H,1-4H3,(H,24,26).